The summed E-state index contributed by atoms with van der Waals surface area (Å²) in [5.74, 6) is 0.0570. The maximum Gasteiger partial charge on any atom is 0.237 e. The number of hydrogen-bond acceptors (Lipinski definition) is 3. The Morgan fingerprint density at radius 1 is 1.71 bits per heavy atom. The van der Waals surface area contributed by atoms with E-state index in [1.165, 1.54) is 0 Å². The Hall–Kier alpha value is -0.610. The molecule has 4 heteroatoms. The second-order valence-electron chi connectivity index (χ2n) is 3.86. The predicted molar refractivity (Wildman–Crippen MR) is 55.0 cm³/mol. The number of nitrogens with zero attached hydrogens (tertiary/aromatic N) is 1. The number of aliphatic hydroxyl groups is 1. The van der Waals surface area contributed by atoms with Gasteiger partial charge in [-0.25, -0.2) is 0 Å². The highest BCUT2D eigenvalue weighted by molar-refractivity contribution is 5.81. The van der Waals surface area contributed by atoms with Crippen LogP contribution in [-0.4, -0.2) is 47.7 Å². The van der Waals surface area contributed by atoms with Crippen molar-refractivity contribution in [1.82, 2.24) is 10.2 Å². The maximum atomic E-state index is 11.5. The number of β-amino-alcohol motifs (C(OH)–C–C–N with tert-alkyl or cyclic N) is 1. The van der Waals surface area contributed by atoms with Gasteiger partial charge in [-0.1, -0.05) is 0 Å². The van der Waals surface area contributed by atoms with Crippen molar-refractivity contribution >= 4 is 5.91 Å². The molecule has 0 bridgehead atoms. The van der Waals surface area contributed by atoms with Gasteiger partial charge in [0.15, 0.2) is 0 Å². The SMILES string of the molecule is CCNC(=O)C(C)N1CCC[C@H](O)C1. The van der Waals surface area contributed by atoms with E-state index in [0.29, 0.717) is 13.1 Å². The zero-order valence-electron chi connectivity index (χ0n) is 8.99. The van der Waals surface area contributed by atoms with Crippen LogP contribution in [-0.2, 0) is 4.79 Å². The van der Waals surface area contributed by atoms with Crippen LogP contribution in [0.4, 0.5) is 0 Å². The minimum Gasteiger partial charge on any atom is -0.392 e. The molecule has 1 aliphatic heterocycles. The molecule has 82 valence electrons. The van der Waals surface area contributed by atoms with Crippen molar-refractivity contribution in [2.24, 2.45) is 0 Å². The second-order valence-corrected chi connectivity index (χ2v) is 3.86. The fourth-order valence-electron chi connectivity index (χ4n) is 1.82. The predicted octanol–water partition coefficient (Wildman–Crippen LogP) is -0.0323. The minimum absolute atomic E-state index is 0.0570. The minimum atomic E-state index is -0.263. The molecular formula is C10H20N2O2. The summed E-state index contributed by atoms with van der Waals surface area (Å²) in [7, 11) is 0. The van der Waals surface area contributed by atoms with E-state index >= 15 is 0 Å². The summed E-state index contributed by atoms with van der Waals surface area (Å²) >= 11 is 0. The lowest BCUT2D eigenvalue weighted by molar-refractivity contribution is -0.126. The van der Waals surface area contributed by atoms with Gasteiger partial charge in [-0.05, 0) is 33.2 Å². The highest BCUT2D eigenvalue weighted by Gasteiger charge is 2.25. The number of nitrogens with one attached hydrogen (secondary N) is 1. The van der Waals surface area contributed by atoms with Gasteiger partial charge in [0.1, 0.15) is 0 Å². The topological polar surface area (TPSA) is 52.6 Å². The molecule has 1 fully saturated rings. The van der Waals surface area contributed by atoms with Crippen molar-refractivity contribution in [2.45, 2.75) is 38.8 Å². The summed E-state index contributed by atoms with van der Waals surface area (Å²) < 4.78 is 0. The number of carbonyl (C=O) groups is 1. The van der Waals surface area contributed by atoms with Crippen molar-refractivity contribution in [3.63, 3.8) is 0 Å². The Balaban J connectivity index is 2.42. The van der Waals surface area contributed by atoms with Crippen molar-refractivity contribution in [3.8, 4) is 0 Å². The van der Waals surface area contributed by atoms with Crippen LogP contribution in [0, 0.1) is 0 Å². The van der Waals surface area contributed by atoms with Gasteiger partial charge >= 0.3 is 0 Å². The number of carbonyl (C=O) groups excluding carboxylic acids is 1. The Kier molecular flexibility index (Phi) is 4.35. The van der Waals surface area contributed by atoms with Crippen molar-refractivity contribution in [1.29, 1.82) is 0 Å². The van der Waals surface area contributed by atoms with Crippen LogP contribution in [0.5, 0.6) is 0 Å². The molecule has 2 N–H and O–H groups in total. The molecule has 0 aromatic carbocycles. The number of likely N-dealkylation sites (tertiary alicyclic amines) is 1. The lowest BCUT2D eigenvalue weighted by Crippen LogP contribution is -2.50. The molecule has 0 aromatic rings. The molecule has 1 heterocycles. The molecule has 14 heavy (non-hydrogen) atoms. The molecular weight excluding hydrogens is 180 g/mol. The van der Waals surface area contributed by atoms with Gasteiger partial charge in [0.2, 0.25) is 5.91 Å². The van der Waals surface area contributed by atoms with Gasteiger partial charge in [-0.2, -0.15) is 0 Å². The highest BCUT2D eigenvalue weighted by atomic mass is 16.3. The lowest BCUT2D eigenvalue weighted by Gasteiger charge is -2.33. The van der Waals surface area contributed by atoms with E-state index in [4.69, 9.17) is 0 Å². The second kappa shape index (κ2) is 5.32. The summed E-state index contributed by atoms with van der Waals surface area (Å²) in [6.45, 7) is 6.01. The summed E-state index contributed by atoms with van der Waals surface area (Å²) in [4.78, 5) is 13.6. The summed E-state index contributed by atoms with van der Waals surface area (Å²) in [5, 5.41) is 12.3. The van der Waals surface area contributed by atoms with Crippen LogP contribution < -0.4 is 5.32 Å². The van der Waals surface area contributed by atoms with E-state index in [9.17, 15) is 9.90 Å². The fraction of sp³-hybridized carbons (Fsp3) is 0.900. The molecule has 1 saturated heterocycles. The van der Waals surface area contributed by atoms with Gasteiger partial charge in [0, 0.05) is 13.1 Å². The molecule has 0 spiro atoms. The molecule has 0 saturated carbocycles. The van der Waals surface area contributed by atoms with Gasteiger partial charge < -0.3 is 10.4 Å². The first-order valence-corrected chi connectivity index (χ1v) is 5.35. The van der Waals surface area contributed by atoms with Gasteiger partial charge in [0.25, 0.3) is 0 Å². The maximum absolute atomic E-state index is 11.5. The van der Waals surface area contributed by atoms with E-state index in [-0.39, 0.29) is 18.1 Å². The van der Waals surface area contributed by atoms with Crippen LogP contribution in [0.25, 0.3) is 0 Å². The van der Waals surface area contributed by atoms with Crippen molar-refractivity contribution in [3.05, 3.63) is 0 Å². The van der Waals surface area contributed by atoms with Crippen LogP contribution in [0.15, 0.2) is 0 Å². The Morgan fingerprint density at radius 3 is 3.00 bits per heavy atom. The summed E-state index contributed by atoms with van der Waals surface area (Å²) in [6.07, 6.45) is 1.57. The van der Waals surface area contributed by atoms with Crippen LogP contribution in [0.2, 0.25) is 0 Å². The van der Waals surface area contributed by atoms with Gasteiger partial charge in [-0.15, -0.1) is 0 Å². The normalized spacial score (nSPS) is 25.8. The summed E-state index contributed by atoms with van der Waals surface area (Å²) in [6, 6.07) is -0.120. The van der Waals surface area contributed by atoms with E-state index < -0.39 is 0 Å². The Bertz CT molecular complexity index is 197. The average molecular weight is 200 g/mol. The molecule has 0 aromatic heterocycles. The molecule has 2 atom stereocenters. The zero-order valence-corrected chi connectivity index (χ0v) is 8.99. The molecule has 1 amide bonds. The fourth-order valence-corrected chi connectivity index (χ4v) is 1.82. The molecule has 4 nitrogen and oxygen atoms in total. The molecule has 0 aliphatic carbocycles. The number of rotatable bonds is 3. The first-order valence-electron chi connectivity index (χ1n) is 5.35. The number of amides is 1. The number of piperidine rings is 1. The largest absolute Gasteiger partial charge is 0.392 e. The first kappa shape index (κ1) is 11.5. The van der Waals surface area contributed by atoms with E-state index in [1.807, 2.05) is 18.7 Å². The molecule has 1 unspecified atom stereocenters. The van der Waals surface area contributed by atoms with Crippen LogP contribution in [0.3, 0.4) is 0 Å². The zero-order chi connectivity index (χ0) is 10.6. The smallest absolute Gasteiger partial charge is 0.237 e. The lowest BCUT2D eigenvalue weighted by atomic mass is 10.1. The quantitative estimate of drug-likeness (QED) is 0.672. The Morgan fingerprint density at radius 2 is 2.43 bits per heavy atom. The third-order valence-electron chi connectivity index (χ3n) is 2.71. The van der Waals surface area contributed by atoms with Gasteiger partial charge in [-0.3, -0.25) is 9.69 Å². The average Bonchev–Trinajstić information content (AvgIpc) is 2.17. The third kappa shape index (κ3) is 2.96. The monoisotopic (exact) mass is 200 g/mol. The number of likely N-dealkylation sites (N-methyl/N-ethyl adjacent to an activating group) is 1. The summed E-state index contributed by atoms with van der Waals surface area (Å²) in [5.41, 5.74) is 0. The van der Waals surface area contributed by atoms with E-state index in [2.05, 4.69) is 5.32 Å². The van der Waals surface area contributed by atoms with Crippen LogP contribution >= 0.6 is 0 Å². The van der Waals surface area contributed by atoms with Crippen molar-refractivity contribution in [2.75, 3.05) is 19.6 Å². The molecule has 1 aliphatic rings. The van der Waals surface area contributed by atoms with Gasteiger partial charge in [0.05, 0.1) is 12.1 Å². The van der Waals surface area contributed by atoms with Crippen molar-refractivity contribution < 1.29 is 9.90 Å². The number of hydrogen-bond donors (Lipinski definition) is 2. The van der Waals surface area contributed by atoms with Crippen LogP contribution in [0.1, 0.15) is 26.7 Å². The van der Waals surface area contributed by atoms with E-state index in [0.717, 1.165) is 19.4 Å². The third-order valence-corrected chi connectivity index (χ3v) is 2.71. The Labute approximate surface area is 85.3 Å². The molecule has 0 radical (unpaired) electrons. The first-order chi connectivity index (χ1) is 6.65. The van der Waals surface area contributed by atoms with E-state index in [1.54, 1.807) is 0 Å². The number of aliphatic hydroxyl groups excluding tert-OH is 1. The standard InChI is InChI=1S/C10H20N2O2/c1-3-11-10(14)8(2)12-6-4-5-9(13)7-12/h8-9,13H,3-7H2,1-2H3,(H,11,14)/t8?,9-/m0/s1. The molecule has 1 rings (SSSR count). The highest BCUT2D eigenvalue weighted by Crippen LogP contribution is 2.12.